The van der Waals surface area contributed by atoms with E-state index in [1.54, 1.807) is 0 Å². The van der Waals surface area contributed by atoms with E-state index in [0.29, 0.717) is 6.04 Å². The predicted molar refractivity (Wildman–Crippen MR) is 144 cm³/mol. The molecule has 0 radical (unpaired) electrons. The number of nitrogens with one attached hydrogen (secondary N) is 1. The summed E-state index contributed by atoms with van der Waals surface area (Å²) in [4.78, 5) is 9.85. The summed E-state index contributed by atoms with van der Waals surface area (Å²) in [6.45, 7) is 17.5. The Morgan fingerprint density at radius 2 is 1.80 bits per heavy atom. The molecule has 2 saturated heterocycles. The molecule has 7 nitrogen and oxygen atoms in total. The van der Waals surface area contributed by atoms with Crippen LogP contribution in [-0.4, -0.2) is 71.4 Å². The minimum Gasteiger partial charge on any atom is -0.370 e. The first-order chi connectivity index (χ1) is 17.1. The van der Waals surface area contributed by atoms with Crippen LogP contribution in [0.25, 0.3) is 16.8 Å². The van der Waals surface area contributed by atoms with E-state index >= 15 is 0 Å². The molecule has 0 aliphatic carbocycles. The van der Waals surface area contributed by atoms with Crippen molar-refractivity contribution < 1.29 is 4.74 Å². The van der Waals surface area contributed by atoms with Gasteiger partial charge in [-0.05, 0) is 51.8 Å². The first-order valence-electron chi connectivity index (χ1n) is 13.4. The van der Waals surface area contributed by atoms with Gasteiger partial charge in [0.2, 0.25) is 0 Å². The summed E-state index contributed by atoms with van der Waals surface area (Å²) in [5.74, 6) is 0. The number of piperidine rings is 1. The number of fused-ring (bicyclic) bond motifs is 1. The van der Waals surface area contributed by atoms with Crippen LogP contribution in [0.1, 0.15) is 53.0 Å². The number of nitrogens with zero attached hydrogens (tertiary/aromatic N) is 5. The average Bonchev–Trinajstić information content (AvgIpc) is 3.35. The number of hydrogen-bond acceptors (Lipinski definition) is 6. The molecule has 0 saturated carbocycles. The fourth-order valence-corrected chi connectivity index (χ4v) is 5.34. The van der Waals surface area contributed by atoms with Crippen molar-refractivity contribution in [2.24, 2.45) is 0 Å². The van der Waals surface area contributed by atoms with Crippen molar-refractivity contribution in [2.45, 2.75) is 59.1 Å². The largest absolute Gasteiger partial charge is 0.370 e. The van der Waals surface area contributed by atoms with Gasteiger partial charge in [0.15, 0.2) is 0 Å². The summed E-state index contributed by atoms with van der Waals surface area (Å²) in [6.07, 6.45) is 8.02. The Bertz CT molecular complexity index is 1060. The van der Waals surface area contributed by atoms with Gasteiger partial charge in [0.05, 0.1) is 22.5 Å². The van der Waals surface area contributed by atoms with Gasteiger partial charge in [-0.25, -0.2) is 4.52 Å². The molecule has 0 unspecified atom stereocenters. The lowest BCUT2D eigenvalue weighted by molar-refractivity contribution is -0.0888. The molecule has 0 aromatic carbocycles. The summed E-state index contributed by atoms with van der Waals surface area (Å²) >= 11 is 0. The van der Waals surface area contributed by atoms with Gasteiger partial charge in [0.25, 0.3) is 0 Å². The molecular weight excluding hydrogens is 436 g/mol. The van der Waals surface area contributed by atoms with Gasteiger partial charge in [-0.3, -0.25) is 4.98 Å². The van der Waals surface area contributed by atoms with Crippen LogP contribution in [0, 0.1) is 0 Å². The zero-order valence-electron chi connectivity index (χ0n) is 22.1. The monoisotopic (exact) mass is 478 g/mol. The molecule has 3 aromatic heterocycles. The van der Waals surface area contributed by atoms with Gasteiger partial charge in [0.1, 0.15) is 0 Å². The molecule has 7 heteroatoms. The van der Waals surface area contributed by atoms with E-state index in [1.807, 2.05) is 30.8 Å². The van der Waals surface area contributed by atoms with Crippen molar-refractivity contribution in [2.75, 3.05) is 50.8 Å². The number of rotatable bonds is 6. The maximum atomic E-state index is 6.37. The Kier molecular flexibility index (Phi) is 8.42. The predicted octanol–water partition coefficient (Wildman–Crippen LogP) is 4.57. The molecule has 5 rings (SSSR count). The molecule has 0 amide bonds. The maximum absolute atomic E-state index is 6.37. The Balaban J connectivity index is 0.00000141. The molecule has 0 bridgehead atoms. The highest BCUT2D eigenvalue weighted by Crippen LogP contribution is 2.38. The number of hydrogen-bond donors (Lipinski definition) is 1. The molecule has 3 aromatic rings. The lowest BCUT2D eigenvalue weighted by atomic mass is 9.84. The Labute approximate surface area is 210 Å². The van der Waals surface area contributed by atoms with E-state index in [-0.39, 0.29) is 5.60 Å². The zero-order chi connectivity index (χ0) is 24.8. The van der Waals surface area contributed by atoms with Crippen molar-refractivity contribution in [3.8, 4) is 11.3 Å². The Morgan fingerprint density at radius 3 is 2.43 bits per heavy atom. The standard InChI is InChI=1S/C26H36N6O.C2H6/c1-4-33-26(8-13-30(14-9-26)20(2)3)22-5-6-23(28-18-22)21-17-25-24(7-10-29-32(25)19-21)31-15-11-27-12-16-31;1-2/h5-7,10,17-20,27H,4,8-9,11-16H2,1-3H3;1-2H3. The summed E-state index contributed by atoms with van der Waals surface area (Å²) in [6, 6.07) is 9.27. The van der Waals surface area contributed by atoms with Crippen LogP contribution in [0.2, 0.25) is 0 Å². The number of anilines is 1. The first kappa shape index (κ1) is 25.6. The van der Waals surface area contributed by atoms with E-state index in [4.69, 9.17) is 9.72 Å². The van der Waals surface area contributed by atoms with Crippen molar-refractivity contribution in [1.82, 2.24) is 24.8 Å². The van der Waals surface area contributed by atoms with Crippen LogP contribution in [0.3, 0.4) is 0 Å². The number of pyridine rings is 1. The molecule has 2 aliphatic heterocycles. The van der Waals surface area contributed by atoms with Crippen LogP contribution < -0.4 is 10.2 Å². The lowest BCUT2D eigenvalue weighted by Gasteiger charge is -2.43. The molecule has 0 atom stereocenters. The average molecular weight is 479 g/mol. The van der Waals surface area contributed by atoms with Crippen LogP contribution >= 0.6 is 0 Å². The quantitative estimate of drug-likeness (QED) is 0.560. The van der Waals surface area contributed by atoms with Gasteiger partial charge >= 0.3 is 0 Å². The maximum Gasteiger partial charge on any atom is 0.0970 e. The van der Waals surface area contributed by atoms with Gasteiger partial charge in [-0.15, -0.1) is 0 Å². The van der Waals surface area contributed by atoms with Gasteiger partial charge < -0.3 is 19.9 Å². The third-order valence-electron chi connectivity index (χ3n) is 7.29. The molecule has 190 valence electrons. The molecule has 2 fully saturated rings. The van der Waals surface area contributed by atoms with E-state index < -0.39 is 0 Å². The van der Waals surface area contributed by atoms with Crippen molar-refractivity contribution >= 4 is 11.2 Å². The van der Waals surface area contributed by atoms with Crippen molar-refractivity contribution in [3.63, 3.8) is 0 Å². The fraction of sp³-hybridized carbons (Fsp3) is 0.571. The van der Waals surface area contributed by atoms with E-state index in [0.717, 1.165) is 75.5 Å². The van der Waals surface area contributed by atoms with Gasteiger partial charge in [-0.2, -0.15) is 5.10 Å². The fourth-order valence-electron chi connectivity index (χ4n) is 5.34. The molecule has 5 heterocycles. The van der Waals surface area contributed by atoms with Crippen LogP contribution in [0.5, 0.6) is 0 Å². The number of piperazine rings is 1. The molecule has 1 N–H and O–H groups in total. The van der Waals surface area contributed by atoms with Crippen LogP contribution in [-0.2, 0) is 10.3 Å². The molecule has 0 spiro atoms. The van der Waals surface area contributed by atoms with Gasteiger partial charge in [-0.1, -0.05) is 19.9 Å². The topological polar surface area (TPSA) is 57.9 Å². The van der Waals surface area contributed by atoms with Crippen LogP contribution in [0.4, 0.5) is 5.69 Å². The normalized spacial score (nSPS) is 18.5. The molecule has 35 heavy (non-hydrogen) atoms. The lowest BCUT2D eigenvalue weighted by Crippen LogP contribution is -2.46. The van der Waals surface area contributed by atoms with E-state index in [1.165, 1.54) is 11.3 Å². The van der Waals surface area contributed by atoms with Crippen LogP contribution in [0.15, 0.2) is 42.9 Å². The third kappa shape index (κ3) is 5.37. The highest BCUT2D eigenvalue weighted by molar-refractivity contribution is 5.79. The highest BCUT2D eigenvalue weighted by Gasteiger charge is 2.37. The second-order valence-corrected chi connectivity index (χ2v) is 9.50. The summed E-state index contributed by atoms with van der Waals surface area (Å²) in [7, 11) is 0. The SMILES string of the molecule is CC.CCOC1(c2ccc(-c3cc4c(N5CCNCC5)ccnn4c3)nc2)CCN(C(C)C)CC1. The second-order valence-electron chi connectivity index (χ2n) is 9.50. The minimum atomic E-state index is -0.228. The third-order valence-corrected chi connectivity index (χ3v) is 7.29. The number of likely N-dealkylation sites (tertiary alicyclic amines) is 1. The van der Waals surface area contributed by atoms with Crippen molar-refractivity contribution in [1.29, 1.82) is 0 Å². The smallest absolute Gasteiger partial charge is 0.0970 e. The number of aromatic nitrogens is 3. The van der Waals surface area contributed by atoms with Gasteiger partial charge in [0, 0.05) is 81.6 Å². The number of ether oxygens (including phenoxy) is 1. The molecular formula is C28H42N6O. The van der Waals surface area contributed by atoms with E-state index in [2.05, 4.69) is 71.4 Å². The summed E-state index contributed by atoms with van der Waals surface area (Å²) in [5, 5.41) is 7.98. The first-order valence-corrected chi connectivity index (χ1v) is 13.4. The Morgan fingerprint density at radius 1 is 1.06 bits per heavy atom. The second kappa shape index (κ2) is 11.5. The highest BCUT2D eigenvalue weighted by atomic mass is 16.5. The summed E-state index contributed by atoms with van der Waals surface area (Å²) in [5.41, 5.74) is 5.40. The Hall–Kier alpha value is -2.48. The van der Waals surface area contributed by atoms with Crippen molar-refractivity contribution in [3.05, 3.63) is 48.4 Å². The summed E-state index contributed by atoms with van der Waals surface area (Å²) < 4.78 is 8.35. The minimum absolute atomic E-state index is 0.228. The van der Waals surface area contributed by atoms with E-state index in [9.17, 15) is 0 Å². The molecule has 2 aliphatic rings. The zero-order valence-corrected chi connectivity index (χ0v) is 22.1.